The highest BCUT2D eigenvalue weighted by atomic mass is 16.7. The molecule has 2 atom stereocenters. The summed E-state index contributed by atoms with van der Waals surface area (Å²) in [5, 5.41) is 0. The number of hydrogen-bond donors (Lipinski definition) is 0. The van der Waals surface area contributed by atoms with Gasteiger partial charge in [0.15, 0.2) is 23.8 Å². The first-order chi connectivity index (χ1) is 8.57. The number of benzene rings is 1. The van der Waals surface area contributed by atoms with E-state index in [-0.39, 0.29) is 11.9 Å². The number of epoxide rings is 1. The van der Waals surface area contributed by atoms with Crippen molar-refractivity contribution < 1.29 is 19.0 Å². The van der Waals surface area contributed by atoms with Crippen LogP contribution in [-0.2, 0) is 14.2 Å². The van der Waals surface area contributed by atoms with Crippen molar-refractivity contribution in [3.05, 3.63) is 47.9 Å². The zero-order valence-corrected chi connectivity index (χ0v) is 10.3. The van der Waals surface area contributed by atoms with E-state index in [1.54, 1.807) is 12.1 Å². The second-order valence-electron chi connectivity index (χ2n) is 4.85. The van der Waals surface area contributed by atoms with Crippen LogP contribution < -0.4 is 0 Å². The Hall–Kier alpha value is -1.81. The molecule has 0 amide bonds. The van der Waals surface area contributed by atoms with Crippen LogP contribution in [-0.4, -0.2) is 23.8 Å². The first-order valence-electron chi connectivity index (χ1n) is 5.88. The van der Waals surface area contributed by atoms with Crippen molar-refractivity contribution in [1.29, 1.82) is 0 Å². The number of Topliss-reactive ketones (excluding diaryl/α,β-unsaturated/α-hetero) is 1. The number of carbonyl (C=O) groups excluding carboxylic acids is 1. The molecule has 4 nitrogen and oxygen atoms in total. The Morgan fingerprint density at radius 1 is 1.22 bits per heavy atom. The van der Waals surface area contributed by atoms with E-state index in [0.717, 1.165) is 0 Å². The van der Waals surface area contributed by atoms with Crippen molar-refractivity contribution in [2.24, 2.45) is 0 Å². The molecular formula is C14H14O4. The maximum atomic E-state index is 12.1. The summed E-state index contributed by atoms with van der Waals surface area (Å²) in [6.07, 6.45) is 0.777. The smallest absolute Gasteiger partial charge is 0.244 e. The first-order valence-corrected chi connectivity index (χ1v) is 5.88. The summed E-state index contributed by atoms with van der Waals surface area (Å²) in [4.78, 5) is 12.1. The Bertz CT molecular complexity index is 504. The van der Waals surface area contributed by atoms with Crippen LogP contribution in [0.15, 0.2) is 42.4 Å². The molecule has 0 bridgehead atoms. The van der Waals surface area contributed by atoms with Crippen LogP contribution in [0.1, 0.15) is 24.2 Å². The molecule has 0 N–H and O–H groups in total. The van der Waals surface area contributed by atoms with Crippen molar-refractivity contribution >= 4 is 5.78 Å². The van der Waals surface area contributed by atoms with E-state index in [4.69, 9.17) is 14.2 Å². The summed E-state index contributed by atoms with van der Waals surface area (Å²) in [6, 6.07) is 9.11. The zero-order chi connectivity index (χ0) is 12.8. The van der Waals surface area contributed by atoms with Gasteiger partial charge in [-0.1, -0.05) is 30.3 Å². The Morgan fingerprint density at radius 3 is 2.56 bits per heavy atom. The summed E-state index contributed by atoms with van der Waals surface area (Å²) in [6.45, 7) is 3.62. The topological polar surface area (TPSA) is 48.1 Å². The quantitative estimate of drug-likeness (QED) is 0.606. The highest BCUT2D eigenvalue weighted by Crippen LogP contribution is 2.38. The van der Waals surface area contributed by atoms with E-state index >= 15 is 0 Å². The van der Waals surface area contributed by atoms with E-state index in [2.05, 4.69) is 0 Å². The standard InChI is InChI=1S/C14H14O4/c1-14(2)16-8-10(18-14)12-13(17-12)11(15)9-6-4-3-5-7-9/h3-8,12-13H,1-2H3/t12-,13+/m0/s1. The Kier molecular flexibility index (Phi) is 2.41. The number of rotatable bonds is 3. The summed E-state index contributed by atoms with van der Waals surface area (Å²) in [5.74, 6) is -0.0918. The molecule has 0 aromatic heterocycles. The van der Waals surface area contributed by atoms with Crippen molar-refractivity contribution in [2.45, 2.75) is 31.8 Å². The number of ether oxygens (including phenoxy) is 3. The molecule has 2 aliphatic heterocycles. The molecule has 0 saturated carbocycles. The lowest BCUT2D eigenvalue weighted by molar-refractivity contribution is -0.118. The van der Waals surface area contributed by atoms with Crippen molar-refractivity contribution in [3.63, 3.8) is 0 Å². The minimum atomic E-state index is -0.665. The third-order valence-electron chi connectivity index (χ3n) is 2.91. The van der Waals surface area contributed by atoms with E-state index in [9.17, 15) is 4.79 Å². The van der Waals surface area contributed by atoms with Gasteiger partial charge in [0.1, 0.15) is 6.26 Å². The second kappa shape index (κ2) is 3.85. The van der Waals surface area contributed by atoms with Crippen LogP contribution in [0.4, 0.5) is 0 Å². The van der Waals surface area contributed by atoms with Gasteiger partial charge in [-0.3, -0.25) is 4.79 Å². The molecular weight excluding hydrogens is 232 g/mol. The Labute approximate surface area is 105 Å². The molecule has 0 unspecified atom stereocenters. The number of hydrogen-bond acceptors (Lipinski definition) is 4. The molecule has 18 heavy (non-hydrogen) atoms. The molecule has 4 heteroatoms. The molecule has 3 rings (SSSR count). The highest BCUT2D eigenvalue weighted by Gasteiger charge is 2.51. The minimum Gasteiger partial charge on any atom is -0.457 e. The number of ketones is 1. The molecule has 94 valence electrons. The summed E-state index contributed by atoms with van der Waals surface area (Å²) in [5.41, 5.74) is 0.656. The predicted octanol–water partition coefficient (Wildman–Crippen LogP) is 2.26. The van der Waals surface area contributed by atoms with Gasteiger partial charge in [-0.2, -0.15) is 0 Å². The molecule has 0 aliphatic carbocycles. The lowest BCUT2D eigenvalue weighted by Crippen LogP contribution is -2.21. The third-order valence-corrected chi connectivity index (χ3v) is 2.91. The SMILES string of the molecule is CC1(C)OC=C([C@@H]2O[C@@H]2C(=O)c2ccccc2)O1. The highest BCUT2D eigenvalue weighted by molar-refractivity contribution is 6.01. The molecule has 2 aliphatic rings. The van der Waals surface area contributed by atoms with Crippen LogP contribution in [0.25, 0.3) is 0 Å². The Balaban J connectivity index is 1.67. The molecule has 1 aromatic rings. The molecule has 0 radical (unpaired) electrons. The largest absolute Gasteiger partial charge is 0.457 e. The van der Waals surface area contributed by atoms with Gasteiger partial charge < -0.3 is 14.2 Å². The average molecular weight is 246 g/mol. The van der Waals surface area contributed by atoms with Crippen LogP contribution in [0.5, 0.6) is 0 Å². The first kappa shape index (κ1) is 11.3. The van der Waals surface area contributed by atoms with Gasteiger partial charge in [0, 0.05) is 19.4 Å². The third kappa shape index (κ3) is 1.99. The summed E-state index contributed by atoms with van der Waals surface area (Å²) < 4.78 is 16.3. The normalized spacial score (nSPS) is 28.0. The molecule has 1 aromatic carbocycles. The predicted molar refractivity (Wildman–Crippen MR) is 63.8 cm³/mol. The maximum Gasteiger partial charge on any atom is 0.244 e. The maximum absolute atomic E-state index is 12.1. The van der Waals surface area contributed by atoms with Crippen molar-refractivity contribution in [3.8, 4) is 0 Å². The van der Waals surface area contributed by atoms with Gasteiger partial charge in [-0.05, 0) is 0 Å². The van der Waals surface area contributed by atoms with Gasteiger partial charge in [0.05, 0.1) is 0 Å². The van der Waals surface area contributed by atoms with Crippen LogP contribution in [0, 0.1) is 0 Å². The summed E-state index contributed by atoms with van der Waals surface area (Å²) >= 11 is 0. The van der Waals surface area contributed by atoms with Gasteiger partial charge >= 0.3 is 0 Å². The van der Waals surface area contributed by atoms with Crippen LogP contribution in [0.2, 0.25) is 0 Å². The summed E-state index contributed by atoms with van der Waals surface area (Å²) in [7, 11) is 0. The fourth-order valence-corrected chi connectivity index (χ4v) is 1.95. The van der Waals surface area contributed by atoms with Gasteiger partial charge in [-0.15, -0.1) is 0 Å². The molecule has 1 saturated heterocycles. The van der Waals surface area contributed by atoms with E-state index in [1.165, 1.54) is 6.26 Å². The Morgan fingerprint density at radius 2 is 1.94 bits per heavy atom. The molecule has 0 spiro atoms. The van der Waals surface area contributed by atoms with Crippen LogP contribution in [0.3, 0.4) is 0 Å². The van der Waals surface area contributed by atoms with E-state index < -0.39 is 11.9 Å². The molecule has 2 heterocycles. The van der Waals surface area contributed by atoms with E-state index in [0.29, 0.717) is 11.3 Å². The van der Waals surface area contributed by atoms with Gasteiger partial charge in [0.25, 0.3) is 0 Å². The average Bonchev–Trinajstić information content (AvgIpc) is 3.08. The van der Waals surface area contributed by atoms with Gasteiger partial charge in [0.2, 0.25) is 5.79 Å². The molecule has 1 fully saturated rings. The van der Waals surface area contributed by atoms with Crippen LogP contribution >= 0.6 is 0 Å². The second-order valence-corrected chi connectivity index (χ2v) is 4.85. The minimum absolute atomic E-state index is 0.0187. The fourth-order valence-electron chi connectivity index (χ4n) is 1.95. The number of carbonyl (C=O) groups is 1. The van der Waals surface area contributed by atoms with Gasteiger partial charge in [-0.25, -0.2) is 0 Å². The fraction of sp³-hybridized carbons (Fsp3) is 0.357. The van der Waals surface area contributed by atoms with Crippen molar-refractivity contribution in [2.75, 3.05) is 0 Å². The van der Waals surface area contributed by atoms with Crippen molar-refractivity contribution in [1.82, 2.24) is 0 Å². The van der Waals surface area contributed by atoms with E-state index in [1.807, 2.05) is 32.0 Å². The lowest BCUT2D eigenvalue weighted by atomic mass is 10.1. The monoisotopic (exact) mass is 246 g/mol. The zero-order valence-electron chi connectivity index (χ0n) is 10.3. The lowest BCUT2D eigenvalue weighted by Gasteiger charge is -2.17.